The molecular formula is C28H20Cl2N2O4S2. The minimum atomic E-state index is -0.732. The average molecular weight is 584 g/mol. The summed E-state index contributed by atoms with van der Waals surface area (Å²) in [6.45, 7) is 2.21. The number of nitrogens with one attached hydrogen (secondary N) is 1. The number of aryl methyl sites for hydroxylation is 1. The van der Waals surface area contributed by atoms with Crippen molar-refractivity contribution >= 4 is 63.8 Å². The van der Waals surface area contributed by atoms with Crippen molar-refractivity contribution < 1.29 is 14.3 Å². The van der Waals surface area contributed by atoms with E-state index in [9.17, 15) is 14.4 Å². The highest BCUT2D eigenvalue weighted by Gasteiger charge is 2.56. The molecule has 1 saturated heterocycles. The molecular weight excluding hydrogens is 563 g/mol. The van der Waals surface area contributed by atoms with Crippen molar-refractivity contribution in [3.05, 3.63) is 108 Å². The van der Waals surface area contributed by atoms with E-state index in [1.165, 1.54) is 16.7 Å². The lowest BCUT2D eigenvalue weighted by molar-refractivity contribution is -0.122. The molecule has 3 atom stereocenters. The number of thioether (sulfide) groups is 1. The van der Waals surface area contributed by atoms with E-state index in [1.54, 1.807) is 42.5 Å². The molecule has 2 aliphatic heterocycles. The Hall–Kier alpha value is -3.04. The van der Waals surface area contributed by atoms with Crippen molar-refractivity contribution in [2.75, 3.05) is 4.90 Å². The van der Waals surface area contributed by atoms with Gasteiger partial charge in [0.05, 0.1) is 16.6 Å². The molecule has 1 fully saturated rings. The first kappa shape index (κ1) is 25.2. The number of H-pyrrole nitrogens is 1. The fourth-order valence-electron chi connectivity index (χ4n) is 4.94. The van der Waals surface area contributed by atoms with Crippen molar-refractivity contribution in [1.82, 2.24) is 4.98 Å². The minimum Gasteiger partial charge on any atom is -0.489 e. The van der Waals surface area contributed by atoms with Gasteiger partial charge in [-0.15, -0.1) is 0 Å². The summed E-state index contributed by atoms with van der Waals surface area (Å²) in [5.41, 5.74) is 3.13. The number of carbonyl (C=O) groups is 2. The predicted molar refractivity (Wildman–Crippen MR) is 151 cm³/mol. The lowest BCUT2D eigenvalue weighted by atomic mass is 9.82. The van der Waals surface area contributed by atoms with Crippen LogP contribution in [0, 0.1) is 12.8 Å². The number of aromatic nitrogens is 1. The van der Waals surface area contributed by atoms with Crippen molar-refractivity contribution in [2.45, 2.75) is 29.7 Å². The lowest BCUT2D eigenvalue weighted by Crippen LogP contribution is -2.32. The third-order valence-corrected chi connectivity index (χ3v) is 9.62. The van der Waals surface area contributed by atoms with Crippen LogP contribution in [0.5, 0.6) is 5.75 Å². The molecule has 38 heavy (non-hydrogen) atoms. The summed E-state index contributed by atoms with van der Waals surface area (Å²) in [4.78, 5) is 44.6. The second kappa shape index (κ2) is 9.93. The first-order valence-electron chi connectivity index (χ1n) is 11.8. The number of halogens is 2. The number of imide groups is 1. The Labute approximate surface area is 236 Å². The number of nitrogens with zero attached hydrogens (tertiary/aromatic N) is 1. The maximum Gasteiger partial charge on any atom is 0.305 e. The number of aromatic amines is 1. The van der Waals surface area contributed by atoms with E-state index in [0.29, 0.717) is 36.9 Å². The van der Waals surface area contributed by atoms with Gasteiger partial charge >= 0.3 is 4.87 Å². The van der Waals surface area contributed by atoms with Crippen LogP contribution in [0.1, 0.15) is 27.5 Å². The summed E-state index contributed by atoms with van der Waals surface area (Å²) < 4.78 is 6.23. The van der Waals surface area contributed by atoms with Gasteiger partial charge < -0.3 is 9.72 Å². The Morgan fingerprint density at radius 1 is 0.921 bits per heavy atom. The number of carbonyl (C=O) groups excluding carboxylic acids is 2. The molecule has 3 unspecified atom stereocenters. The summed E-state index contributed by atoms with van der Waals surface area (Å²) in [5, 5.41) is 0.991. The first-order chi connectivity index (χ1) is 18.3. The van der Waals surface area contributed by atoms with Crippen LogP contribution in [0.4, 0.5) is 5.69 Å². The second-order valence-corrected chi connectivity index (χ2v) is 12.2. The fraction of sp³-hybridized carbons (Fsp3) is 0.179. The Morgan fingerprint density at radius 3 is 2.37 bits per heavy atom. The normalized spacial score (nSPS) is 20.4. The average Bonchev–Trinajstić information content (AvgIpc) is 3.39. The van der Waals surface area contributed by atoms with Crippen LogP contribution in [-0.4, -0.2) is 22.0 Å². The fourth-order valence-corrected chi connectivity index (χ4v) is 7.75. The highest BCUT2D eigenvalue weighted by Crippen LogP contribution is 2.54. The molecule has 6 rings (SSSR count). The van der Waals surface area contributed by atoms with Gasteiger partial charge in [0, 0.05) is 26.4 Å². The zero-order valence-corrected chi connectivity index (χ0v) is 23.1. The molecule has 6 nitrogen and oxygen atoms in total. The van der Waals surface area contributed by atoms with Gasteiger partial charge in [-0.05, 0) is 55.0 Å². The number of ether oxygens (including phenoxy) is 1. The molecule has 2 amide bonds. The number of fused-ring (bicyclic) bond motifs is 2. The van der Waals surface area contributed by atoms with Gasteiger partial charge in [-0.2, -0.15) is 0 Å². The summed E-state index contributed by atoms with van der Waals surface area (Å²) in [6.07, 6.45) is 0. The quantitative estimate of drug-likeness (QED) is 0.274. The molecule has 192 valence electrons. The van der Waals surface area contributed by atoms with Gasteiger partial charge in [-0.1, -0.05) is 76.1 Å². The largest absolute Gasteiger partial charge is 0.489 e. The Morgan fingerprint density at radius 2 is 1.63 bits per heavy atom. The Bertz CT molecular complexity index is 1620. The molecule has 0 radical (unpaired) electrons. The molecule has 4 aromatic rings. The van der Waals surface area contributed by atoms with Crippen molar-refractivity contribution in [3.63, 3.8) is 0 Å². The Balaban J connectivity index is 1.44. The molecule has 1 aromatic heterocycles. The molecule has 0 spiro atoms. The number of thiazole rings is 1. The second-order valence-electron chi connectivity index (χ2n) is 9.19. The van der Waals surface area contributed by atoms with E-state index >= 15 is 0 Å². The van der Waals surface area contributed by atoms with Gasteiger partial charge in [0.1, 0.15) is 17.6 Å². The monoisotopic (exact) mass is 582 g/mol. The van der Waals surface area contributed by atoms with Crippen LogP contribution >= 0.6 is 46.3 Å². The summed E-state index contributed by atoms with van der Waals surface area (Å²) in [7, 11) is 0. The highest BCUT2D eigenvalue weighted by atomic mass is 35.5. The molecule has 10 heteroatoms. The zero-order valence-electron chi connectivity index (χ0n) is 19.9. The van der Waals surface area contributed by atoms with Gasteiger partial charge in [0.2, 0.25) is 11.8 Å². The summed E-state index contributed by atoms with van der Waals surface area (Å²) >= 11 is 14.7. The van der Waals surface area contributed by atoms with Crippen LogP contribution in [0.25, 0.3) is 0 Å². The number of hydrogen-bond donors (Lipinski definition) is 1. The number of benzene rings is 3. The van der Waals surface area contributed by atoms with Crippen molar-refractivity contribution in [3.8, 4) is 5.75 Å². The number of hydrogen-bond acceptors (Lipinski definition) is 6. The van der Waals surface area contributed by atoms with Gasteiger partial charge in [0.15, 0.2) is 0 Å². The van der Waals surface area contributed by atoms with E-state index in [-0.39, 0.29) is 23.3 Å². The molecule has 0 aliphatic carbocycles. The van der Waals surface area contributed by atoms with E-state index in [1.807, 2.05) is 31.2 Å². The standard InChI is InChI=1S/C28H20Cl2N2O4S2/c1-14-2-9-18(10-3-14)32-26(33)22-21(23-25(31-28(35)38-23)37-24(22)27(32)34)19-12-17(30)8-11-20(19)36-13-15-4-6-16(29)7-5-15/h2-12,21-22,24H,13H2,1H3,(H,31,35). The van der Waals surface area contributed by atoms with Crippen LogP contribution < -0.4 is 14.5 Å². The molecule has 0 saturated carbocycles. The number of anilines is 1. The van der Waals surface area contributed by atoms with E-state index in [0.717, 1.165) is 22.5 Å². The van der Waals surface area contributed by atoms with Crippen molar-refractivity contribution in [1.29, 1.82) is 0 Å². The zero-order chi connectivity index (χ0) is 26.6. The van der Waals surface area contributed by atoms with Crippen molar-refractivity contribution in [2.24, 2.45) is 5.92 Å². The summed E-state index contributed by atoms with van der Waals surface area (Å²) in [6, 6.07) is 19.9. The van der Waals surface area contributed by atoms with E-state index in [4.69, 9.17) is 27.9 Å². The van der Waals surface area contributed by atoms with Crippen LogP contribution in [-0.2, 0) is 16.2 Å². The highest BCUT2D eigenvalue weighted by molar-refractivity contribution is 8.00. The maximum absolute atomic E-state index is 14.0. The lowest BCUT2D eigenvalue weighted by Gasteiger charge is -2.31. The van der Waals surface area contributed by atoms with Crippen LogP contribution in [0.2, 0.25) is 10.0 Å². The van der Waals surface area contributed by atoms with E-state index in [2.05, 4.69) is 4.98 Å². The SMILES string of the molecule is Cc1ccc(N2C(=O)C3Sc4[nH]c(=O)sc4C(c4cc(Cl)ccc4OCc4ccc(Cl)cc4)C3C2=O)cc1. The number of rotatable bonds is 5. The number of amides is 2. The maximum atomic E-state index is 14.0. The molecule has 1 N–H and O–H groups in total. The van der Waals surface area contributed by atoms with Gasteiger partial charge in [0.25, 0.3) is 0 Å². The van der Waals surface area contributed by atoms with E-state index < -0.39 is 17.1 Å². The van der Waals surface area contributed by atoms with Gasteiger partial charge in [-0.3, -0.25) is 14.4 Å². The molecule has 3 aromatic carbocycles. The third-order valence-electron chi connectivity index (χ3n) is 6.73. The van der Waals surface area contributed by atoms with Crippen LogP contribution in [0.3, 0.4) is 0 Å². The first-order valence-corrected chi connectivity index (χ1v) is 14.3. The topological polar surface area (TPSA) is 79.5 Å². The Kier molecular flexibility index (Phi) is 6.60. The summed E-state index contributed by atoms with van der Waals surface area (Å²) in [5.74, 6) is -1.41. The van der Waals surface area contributed by atoms with Gasteiger partial charge in [-0.25, -0.2) is 4.90 Å². The van der Waals surface area contributed by atoms with Crippen LogP contribution in [0.15, 0.2) is 76.6 Å². The molecule has 3 heterocycles. The predicted octanol–water partition coefficient (Wildman–Crippen LogP) is 6.43. The smallest absolute Gasteiger partial charge is 0.305 e. The third kappa shape index (κ3) is 4.45. The molecule has 0 bridgehead atoms. The molecule has 2 aliphatic rings. The minimum absolute atomic E-state index is 0.242.